The van der Waals surface area contributed by atoms with Crippen molar-refractivity contribution >= 4 is 0 Å². The molecule has 2 aromatic rings. The van der Waals surface area contributed by atoms with E-state index < -0.39 is 0 Å². The lowest BCUT2D eigenvalue weighted by Gasteiger charge is -2.25. The van der Waals surface area contributed by atoms with Crippen molar-refractivity contribution in [3.8, 4) is 11.3 Å². The second kappa shape index (κ2) is 5.97. The molecule has 0 bridgehead atoms. The van der Waals surface area contributed by atoms with Gasteiger partial charge in [-0.1, -0.05) is 36.8 Å². The Balaban J connectivity index is 1.59. The minimum Gasteiger partial charge on any atom is -0.301 e. The summed E-state index contributed by atoms with van der Waals surface area (Å²) in [6.45, 7) is 4.40. The van der Waals surface area contributed by atoms with Crippen LogP contribution in [0.4, 0.5) is 0 Å². The van der Waals surface area contributed by atoms with Gasteiger partial charge in [-0.05, 0) is 25.9 Å². The van der Waals surface area contributed by atoms with Gasteiger partial charge < -0.3 is 4.90 Å². The maximum absolute atomic E-state index is 4.54. The van der Waals surface area contributed by atoms with Crippen LogP contribution in [0.2, 0.25) is 0 Å². The van der Waals surface area contributed by atoms with E-state index >= 15 is 0 Å². The van der Waals surface area contributed by atoms with Gasteiger partial charge in [0.1, 0.15) is 5.69 Å². The molecule has 0 aliphatic carbocycles. The van der Waals surface area contributed by atoms with Gasteiger partial charge >= 0.3 is 0 Å². The predicted octanol–water partition coefficient (Wildman–Crippen LogP) is 2.43. The van der Waals surface area contributed by atoms with Gasteiger partial charge in [-0.15, -0.1) is 0 Å². The Bertz CT molecular complexity index is 500. The minimum absolute atomic E-state index is 0.882. The molecule has 3 rings (SSSR count). The highest BCUT2D eigenvalue weighted by Gasteiger charge is 2.10. The molecule has 0 saturated carbocycles. The number of hydrogen-bond acceptors (Lipinski definition) is 3. The third kappa shape index (κ3) is 3.20. The molecule has 0 radical (unpaired) electrons. The highest BCUT2D eigenvalue weighted by Crippen LogP contribution is 2.14. The quantitative estimate of drug-likeness (QED) is 0.842. The van der Waals surface area contributed by atoms with Crippen LogP contribution >= 0.6 is 0 Å². The summed E-state index contributed by atoms with van der Waals surface area (Å²) in [5, 5.41) is 8.90. The molecule has 0 unspecified atom stereocenters. The molecule has 0 spiro atoms. The normalized spacial score (nSPS) is 16.6. The molecule has 4 nitrogen and oxygen atoms in total. The summed E-state index contributed by atoms with van der Waals surface area (Å²) >= 11 is 0. The molecule has 1 saturated heterocycles. The highest BCUT2D eigenvalue weighted by molar-refractivity contribution is 5.56. The van der Waals surface area contributed by atoms with E-state index in [1.165, 1.54) is 32.4 Å². The maximum Gasteiger partial charge on any atom is 0.113 e. The molecule has 0 amide bonds. The van der Waals surface area contributed by atoms with Crippen LogP contribution in [0.3, 0.4) is 0 Å². The largest absolute Gasteiger partial charge is 0.301 e. The van der Waals surface area contributed by atoms with Crippen molar-refractivity contribution in [2.45, 2.75) is 25.8 Å². The number of benzene rings is 1. The standard InChI is InChI=1S/C15H20N4/c1-3-7-14(8-4-1)15-13-16-19(17-15)12-11-18-9-5-2-6-10-18/h1,3-4,7-8,13H,2,5-6,9-12H2. The molecule has 1 aromatic carbocycles. The first-order chi connectivity index (χ1) is 9.42. The third-order valence-electron chi connectivity index (χ3n) is 3.67. The summed E-state index contributed by atoms with van der Waals surface area (Å²) in [5.41, 5.74) is 2.09. The fourth-order valence-electron chi connectivity index (χ4n) is 2.56. The van der Waals surface area contributed by atoms with Crippen LogP contribution in [-0.4, -0.2) is 39.5 Å². The van der Waals surface area contributed by atoms with E-state index in [4.69, 9.17) is 0 Å². The zero-order chi connectivity index (χ0) is 12.9. The van der Waals surface area contributed by atoms with Gasteiger partial charge in [0.25, 0.3) is 0 Å². The zero-order valence-corrected chi connectivity index (χ0v) is 11.2. The summed E-state index contributed by atoms with van der Waals surface area (Å²) in [4.78, 5) is 4.33. The highest BCUT2D eigenvalue weighted by atomic mass is 15.5. The summed E-state index contributed by atoms with van der Waals surface area (Å²) in [5.74, 6) is 0. The Morgan fingerprint density at radius 2 is 1.74 bits per heavy atom. The van der Waals surface area contributed by atoms with Crippen LogP contribution in [-0.2, 0) is 6.54 Å². The maximum atomic E-state index is 4.54. The summed E-state index contributed by atoms with van der Waals surface area (Å²) < 4.78 is 0. The van der Waals surface area contributed by atoms with Crippen molar-refractivity contribution < 1.29 is 0 Å². The van der Waals surface area contributed by atoms with Crippen molar-refractivity contribution in [1.82, 2.24) is 19.9 Å². The fraction of sp³-hybridized carbons (Fsp3) is 0.467. The van der Waals surface area contributed by atoms with Gasteiger partial charge in [0.15, 0.2) is 0 Å². The van der Waals surface area contributed by atoms with Crippen molar-refractivity contribution in [3.63, 3.8) is 0 Å². The molecule has 4 heteroatoms. The van der Waals surface area contributed by atoms with Crippen molar-refractivity contribution in [2.75, 3.05) is 19.6 Å². The van der Waals surface area contributed by atoms with E-state index in [0.29, 0.717) is 0 Å². The van der Waals surface area contributed by atoms with Gasteiger partial charge in [-0.2, -0.15) is 15.0 Å². The molecule has 19 heavy (non-hydrogen) atoms. The van der Waals surface area contributed by atoms with Crippen LogP contribution in [0.5, 0.6) is 0 Å². The van der Waals surface area contributed by atoms with E-state index in [-0.39, 0.29) is 0 Å². The predicted molar refractivity (Wildman–Crippen MR) is 75.7 cm³/mol. The van der Waals surface area contributed by atoms with Gasteiger partial charge in [-0.25, -0.2) is 0 Å². The van der Waals surface area contributed by atoms with E-state index in [9.17, 15) is 0 Å². The second-order valence-electron chi connectivity index (χ2n) is 5.09. The Morgan fingerprint density at radius 1 is 0.947 bits per heavy atom. The SMILES string of the molecule is c1ccc(-c2cnn(CCN3CCCCC3)n2)cc1. The van der Waals surface area contributed by atoms with Crippen LogP contribution in [0, 0.1) is 0 Å². The number of piperidine rings is 1. The van der Waals surface area contributed by atoms with Gasteiger partial charge in [-0.3, -0.25) is 0 Å². The first-order valence-electron chi connectivity index (χ1n) is 7.10. The zero-order valence-electron chi connectivity index (χ0n) is 11.2. The van der Waals surface area contributed by atoms with Gasteiger partial charge in [0.05, 0.1) is 12.7 Å². The number of likely N-dealkylation sites (tertiary alicyclic amines) is 1. The van der Waals surface area contributed by atoms with Crippen LogP contribution < -0.4 is 0 Å². The van der Waals surface area contributed by atoms with Crippen LogP contribution in [0.15, 0.2) is 36.5 Å². The van der Waals surface area contributed by atoms with E-state index in [1.54, 1.807) is 0 Å². The molecule has 0 atom stereocenters. The number of aromatic nitrogens is 3. The molecule has 2 heterocycles. The van der Waals surface area contributed by atoms with Crippen molar-refractivity contribution in [3.05, 3.63) is 36.5 Å². The first kappa shape index (κ1) is 12.4. The molecule has 100 valence electrons. The van der Waals surface area contributed by atoms with E-state index in [2.05, 4.69) is 27.2 Å². The molecule has 1 aliphatic rings. The molecule has 1 fully saturated rings. The Hall–Kier alpha value is -1.68. The summed E-state index contributed by atoms with van der Waals surface area (Å²) in [6, 6.07) is 10.2. The molecule has 1 aromatic heterocycles. The lowest BCUT2D eigenvalue weighted by Crippen LogP contribution is -2.32. The number of nitrogens with zero attached hydrogens (tertiary/aromatic N) is 4. The molecular weight excluding hydrogens is 236 g/mol. The number of rotatable bonds is 4. The van der Waals surface area contributed by atoms with Crippen molar-refractivity contribution in [1.29, 1.82) is 0 Å². The third-order valence-corrected chi connectivity index (χ3v) is 3.67. The number of hydrogen-bond donors (Lipinski definition) is 0. The van der Waals surface area contributed by atoms with Crippen LogP contribution in [0.25, 0.3) is 11.3 Å². The fourth-order valence-corrected chi connectivity index (χ4v) is 2.56. The smallest absolute Gasteiger partial charge is 0.113 e. The lowest BCUT2D eigenvalue weighted by atomic mass is 10.1. The first-order valence-corrected chi connectivity index (χ1v) is 7.10. The molecule has 1 aliphatic heterocycles. The monoisotopic (exact) mass is 256 g/mol. The topological polar surface area (TPSA) is 34.0 Å². The average Bonchev–Trinajstić information content (AvgIpc) is 2.96. The van der Waals surface area contributed by atoms with E-state index in [1.807, 2.05) is 29.2 Å². The molecular formula is C15H20N4. The van der Waals surface area contributed by atoms with Crippen LogP contribution in [0.1, 0.15) is 19.3 Å². The Kier molecular flexibility index (Phi) is 3.89. The summed E-state index contributed by atoms with van der Waals surface area (Å²) in [6.07, 6.45) is 5.91. The van der Waals surface area contributed by atoms with Crippen molar-refractivity contribution in [2.24, 2.45) is 0 Å². The second-order valence-corrected chi connectivity index (χ2v) is 5.09. The minimum atomic E-state index is 0.882. The van der Waals surface area contributed by atoms with E-state index in [0.717, 1.165) is 24.3 Å². The van der Waals surface area contributed by atoms with Gasteiger partial charge in [0.2, 0.25) is 0 Å². The van der Waals surface area contributed by atoms with Gasteiger partial charge in [0, 0.05) is 12.1 Å². The Labute approximate surface area is 114 Å². The average molecular weight is 256 g/mol. The molecule has 0 N–H and O–H groups in total. The Morgan fingerprint density at radius 3 is 2.53 bits per heavy atom. The summed E-state index contributed by atoms with van der Waals surface area (Å²) in [7, 11) is 0. The lowest BCUT2D eigenvalue weighted by molar-refractivity contribution is 0.214.